The average molecular weight is 186 g/mol. The number of hydrogen-bond donors (Lipinski definition) is 1. The lowest BCUT2D eigenvalue weighted by atomic mass is 10.1. The van der Waals surface area contributed by atoms with E-state index in [1.54, 1.807) is 0 Å². The standard InChI is InChI=1S/C8H8F2N2O/c1-8(9,10)6-2-5(7(11)13)3-12-4-6/h2-4H,1H3,(H2,11,13). The summed E-state index contributed by atoms with van der Waals surface area (Å²) in [6.45, 7) is 0.731. The van der Waals surface area contributed by atoms with Gasteiger partial charge in [-0.25, -0.2) is 8.78 Å². The largest absolute Gasteiger partial charge is 0.366 e. The Morgan fingerprint density at radius 3 is 2.62 bits per heavy atom. The fourth-order valence-corrected chi connectivity index (χ4v) is 0.815. The molecule has 0 saturated carbocycles. The molecule has 0 spiro atoms. The van der Waals surface area contributed by atoms with Gasteiger partial charge in [-0.1, -0.05) is 0 Å². The Morgan fingerprint density at radius 1 is 1.54 bits per heavy atom. The van der Waals surface area contributed by atoms with Crippen molar-refractivity contribution in [1.82, 2.24) is 4.98 Å². The zero-order valence-corrected chi connectivity index (χ0v) is 6.92. The van der Waals surface area contributed by atoms with E-state index in [1.807, 2.05) is 0 Å². The van der Waals surface area contributed by atoms with Gasteiger partial charge in [-0.05, 0) is 6.07 Å². The van der Waals surface area contributed by atoms with Crippen molar-refractivity contribution in [1.29, 1.82) is 0 Å². The number of halogens is 2. The lowest BCUT2D eigenvalue weighted by Gasteiger charge is -2.09. The van der Waals surface area contributed by atoms with Crippen molar-refractivity contribution in [3.8, 4) is 0 Å². The first-order valence-electron chi connectivity index (χ1n) is 3.54. The lowest BCUT2D eigenvalue weighted by Crippen LogP contribution is -2.14. The first-order valence-corrected chi connectivity index (χ1v) is 3.54. The van der Waals surface area contributed by atoms with Gasteiger partial charge < -0.3 is 5.73 Å². The van der Waals surface area contributed by atoms with Crippen LogP contribution in [0.5, 0.6) is 0 Å². The molecular formula is C8H8F2N2O. The monoisotopic (exact) mass is 186 g/mol. The van der Waals surface area contributed by atoms with E-state index in [0.29, 0.717) is 0 Å². The highest BCUT2D eigenvalue weighted by atomic mass is 19.3. The maximum absolute atomic E-state index is 12.7. The number of hydrogen-bond acceptors (Lipinski definition) is 2. The van der Waals surface area contributed by atoms with E-state index < -0.39 is 11.8 Å². The van der Waals surface area contributed by atoms with Crippen LogP contribution in [-0.2, 0) is 5.92 Å². The van der Waals surface area contributed by atoms with Gasteiger partial charge in [0.05, 0.1) is 5.56 Å². The number of amides is 1. The van der Waals surface area contributed by atoms with E-state index in [0.717, 1.165) is 25.4 Å². The highest BCUT2D eigenvalue weighted by Gasteiger charge is 2.25. The summed E-state index contributed by atoms with van der Waals surface area (Å²) in [6.07, 6.45) is 2.16. The Hall–Kier alpha value is -1.52. The van der Waals surface area contributed by atoms with Crippen molar-refractivity contribution >= 4 is 5.91 Å². The maximum atomic E-state index is 12.7. The zero-order valence-electron chi connectivity index (χ0n) is 6.92. The molecule has 0 bridgehead atoms. The Labute approximate surface area is 73.6 Å². The second-order valence-corrected chi connectivity index (χ2v) is 2.71. The summed E-state index contributed by atoms with van der Waals surface area (Å²) >= 11 is 0. The van der Waals surface area contributed by atoms with Crippen molar-refractivity contribution in [2.24, 2.45) is 5.73 Å². The Bertz CT molecular complexity index is 333. The summed E-state index contributed by atoms with van der Waals surface area (Å²) in [5.74, 6) is -3.77. The number of primary amides is 1. The van der Waals surface area contributed by atoms with Gasteiger partial charge >= 0.3 is 0 Å². The molecule has 13 heavy (non-hydrogen) atoms. The topological polar surface area (TPSA) is 56.0 Å². The molecule has 1 aromatic heterocycles. The molecule has 1 rings (SSSR count). The van der Waals surface area contributed by atoms with Gasteiger partial charge in [0.25, 0.3) is 5.92 Å². The predicted octanol–water partition coefficient (Wildman–Crippen LogP) is 1.29. The second kappa shape index (κ2) is 3.08. The molecule has 0 aliphatic carbocycles. The number of nitrogens with two attached hydrogens (primary N) is 1. The van der Waals surface area contributed by atoms with Gasteiger partial charge in [0, 0.05) is 24.9 Å². The van der Waals surface area contributed by atoms with Crippen molar-refractivity contribution in [3.63, 3.8) is 0 Å². The van der Waals surface area contributed by atoms with Crippen LogP contribution in [0.4, 0.5) is 8.78 Å². The summed E-state index contributed by atoms with van der Waals surface area (Å²) in [4.78, 5) is 14.1. The molecular weight excluding hydrogens is 178 g/mol. The van der Waals surface area contributed by atoms with Crippen LogP contribution in [0.3, 0.4) is 0 Å². The van der Waals surface area contributed by atoms with Crippen LogP contribution in [0.2, 0.25) is 0 Å². The quantitative estimate of drug-likeness (QED) is 0.756. The minimum absolute atomic E-state index is 0.0148. The van der Waals surface area contributed by atoms with Crippen LogP contribution in [0, 0.1) is 0 Å². The predicted molar refractivity (Wildman–Crippen MR) is 42.3 cm³/mol. The van der Waals surface area contributed by atoms with Crippen LogP contribution in [0.1, 0.15) is 22.8 Å². The maximum Gasteiger partial charge on any atom is 0.272 e. The molecule has 0 saturated heterocycles. The van der Waals surface area contributed by atoms with Gasteiger partial charge in [0.2, 0.25) is 5.91 Å². The molecule has 0 fully saturated rings. The molecule has 70 valence electrons. The summed E-state index contributed by atoms with van der Waals surface area (Å²) in [6, 6.07) is 1.04. The van der Waals surface area contributed by atoms with E-state index in [1.165, 1.54) is 0 Å². The molecule has 2 N–H and O–H groups in total. The fourth-order valence-electron chi connectivity index (χ4n) is 0.815. The summed E-state index contributed by atoms with van der Waals surface area (Å²) < 4.78 is 25.4. The minimum Gasteiger partial charge on any atom is -0.366 e. The molecule has 0 aliphatic heterocycles. The van der Waals surface area contributed by atoms with Crippen molar-refractivity contribution in [3.05, 3.63) is 29.6 Å². The third-order valence-corrected chi connectivity index (χ3v) is 1.53. The molecule has 0 aromatic carbocycles. The fraction of sp³-hybridized carbons (Fsp3) is 0.250. The normalized spacial score (nSPS) is 11.3. The highest BCUT2D eigenvalue weighted by Crippen LogP contribution is 2.26. The van der Waals surface area contributed by atoms with Crippen molar-refractivity contribution < 1.29 is 13.6 Å². The van der Waals surface area contributed by atoms with Gasteiger partial charge in [0.15, 0.2) is 0 Å². The van der Waals surface area contributed by atoms with Crippen LogP contribution < -0.4 is 5.73 Å². The smallest absolute Gasteiger partial charge is 0.272 e. The molecule has 5 heteroatoms. The molecule has 1 heterocycles. The number of alkyl halides is 2. The SMILES string of the molecule is CC(F)(F)c1cncc(C(N)=O)c1. The Morgan fingerprint density at radius 2 is 2.15 bits per heavy atom. The highest BCUT2D eigenvalue weighted by molar-refractivity contribution is 5.92. The van der Waals surface area contributed by atoms with Crippen LogP contribution in [0.25, 0.3) is 0 Å². The molecule has 0 atom stereocenters. The first-order chi connectivity index (χ1) is 5.91. The molecule has 0 unspecified atom stereocenters. The number of carbonyl (C=O) groups excluding carboxylic acids is 1. The third-order valence-electron chi connectivity index (χ3n) is 1.53. The van der Waals surface area contributed by atoms with Crippen molar-refractivity contribution in [2.75, 3.05) is 0 Å². The molecule has 0 aliphatic rings. The molecule has 1 aromatic rings. The van der Waals surface area contributed by atoms with E-state index in [2.05, 4.69) is 4.98 Å². The summed E-state index contributed by atoms with van der Waals surface area (Å²) in [5, 5.41) is 0. The van der Waals surface area contributed by atoms with E-state index in [4.69, 9.17) is 5.73 Å². The number of rotatable bonds is 2. The summed E-state index contributed by atoms with van der Waals surface area (Å²) in [5.41, 5.74) is 4.57. The number of carbonyl (C=O) groups is 1. The molecule has 1 amide bonds. The van der Waals surface area contributed by atoms with Crippen LogP contribution in [0.15, 0.2) is 18.5 Å². The lowest BCUT2D eigenvalue weighted by molar-refractivity contribution is 0.0171. The van der Waals surface area contributed by atoms with Gasteiger partial charge in [-0.2, -0.15) is 0 Å². The molecule has 0 radical (unpaired) electrons. The minimum atomic E-state index is -3.00. The second-order valence-electron chi connectivity index (χ2n) is 2.71. The van der Waals surface area contributed by atoms with E-state index >= 15 is 0 Å². The number of pyridine rings is 1. The van der Waals surface area contributed by atoms with Gasteiger partial charge in [-0.3, -0.25) is 9.78 Å². The summed E-state index contributed by atoms with van der Waals surface area (Å²) in [7, 11) is 0. The molecule has 3 nitrogen and oxygen atoms in total. The van der Waals surface area contributed by atoms with Gasteiger partial charge in [0.1, 0.15) is 0 Å². The van der Waals surface area contributed by atoms with Crippen LogP contribution in [-0.4, -0.2) is 10.9 Å². The first kappa shape index (κ1) is 9.57. The number of nitrogens with zero attached hydrogens (tertiary/aromatic N) is 1. The Kier molecular flexibility index (Phi) is 2.27. The van der Waals surface area contributed by atoms with Crippen molar-refractivity contribution in [2.45, 2.75) is 12.8 Å². The van der Waals surface area contributed by atoms with Crippen LogP contribution >= 0.6 is 0 Å². The Balaban J connectivity index is 3.13. The zero-order chi connectivity index (χ0) is 10.1. The number of aromatic nitrogens is 1. The van der Waals surface area contributed by atoms with Gasteiger partial charge in [-0.15, -0.1) is 0 Å². The third kappa shape index (κ3) is 2.21. The average Bonchev–Trinajstić information content (AvgIpc) is 2.03. The van der Waals surface area contributed by atoms with E-state index in [9.17, 15) is 13.6 Å². The van der Waals surface area contributed by atoms with E-state index in [-0.39, 0.29) is 11.1 Å².